The van der Waals surface area contributed by atoms with Gasteiger partial charge in [-0.15, -0.1) is 0 Å². The lowest BCUT2D eigenvalue weighted by Gasteiger charge is -2.18. The van der Waals surface area contributed by atoms with Crippen molar-refractivity contribution in [2.45, 2.75) is 0 Å². The number of para-hydroxylation sites is 1. The molecule has 0 saturated heterocycles. The van der Waals surface area contributed by atoms with Gasteiger partial charge in [0.25, 0.3) is 0 Å². The van der Waals surface area contributed by atoms with E-state index in [0.29, 0.717) is 22.0 Å². The van der Waals surface area contributed by atoms with E-state index < -0.39 is 0 Å². The first-order valence-corrected chi connectivity index (χ1v) is 5.97. The minimum Gasteiger partial charge on any atom is -0.480 e. The number of nitrogens with zero attached hydrogens (tertiary/aromatic N) is 3. The van der Waals surface area contributed by atoms with Crippen molar-refractivity contribution in [3.05, 3.63) is 40.8 Å². The van der Waals surface area contributed by atoms with Crippen molar-refractivity contribution in [3.8, 4) is 5.88 Å². The van der Waals surface area contributed by atoms with Crippen LogP contribution in [0.4, 0.5) is 16.0 Å². The van der Waals surface area contributed by atoms with Crippen LogP contribution in [0.1, 0.15) is 0 Å². The van der Waals surface area contributed by atoms with Crippen LogP contribution in [0.5, 0.6) is 5.88 Å². The fourth-order valence-corrected chi connectivity index (χ4v) is 1.83. The molecule has 6 heteroatoms. The molecular formula is C12H11BrFN3O. The maximum Gasteiger partial charge on any atom is 0.233 e. The Bertz CT molecular complexity index is 565. The molecule has 0 aliphatic carbocycles. The molecule has 0 saturated carbocycles. The summed E-state index contributed by atoms with van der Waals surface area (Å²) in [5.41, 5.74) is 0.405. The summed E-state index contributed by atoms with van der Waals surface area (Å²) in [7, 11) is 3.21. The predicted molar refractivity (Wildman–Crippen MR) is 70.7 cm³/mol. The molecule has 1 aromatic carbocycles. The van der Waals surface area contributed by atoms with Crippen LogP contribution in [0.3, 0.4) is 0 Å². The Hall–Kier alpha value is -1.69. The number of aromatic nitrogens is 2. The summed E-state index contributed by atoms with van der Waals surface area (Å²) in [4.78, 5) is 9.87. The molecule has 0 spiro atoms. The molecular weight excluding hydrogens is 301 g/mol. The van der Waals surface area contributed by atoms with Gasteiger partial charge in [0.05, 0.1) is 23.5 Å². The molecule has 0 atom stereocenters. The molecule has 0 N–H and O–H groups in total. The first-order valence-electron chi connectivity index (χ1n) is 5.18. The Morgan fingerprint density at radius 2 is 2.06 bits per heavy atom. The summed E-state index contributed by atoms with van der Waals surface area (Å²) >= 11 is 3.27. The maximum atomic E-state index is 13.6. The molecule has 94 valence electrons. The first kappa shape index (κ1) is 12.8. The molecule has 0 fully saturated rings. The van der Waals surface area contributed by atoms with Crippen molar-refractivity contribution >= 4 is 27.6 Å². The van der Waals surface area contributed by atoms with Crippen molar-refractivity contribution < 1.29 is 9.13 Å². The molecule has 2 rings (SSSR count). The molecule has 0 radical (unpaired) electrons. The lowest BCUT2D eigenvalue weighted by Crippen LogP contribution is -2.14. The van der Waals surface area contributed by atoms with E-state index in [0.717, 1.165) is 0 Å². The monoisotopic (exact) mass is 311 g/mol. The highest BCUT2D eigenvalue weighted by atomic mass is 79.9. The molecule has 0 amide bonds. The van der Waals surface area contributed by atoms with Gasteiger partial charge < -0.3 is 9.64 Å². The molecule has 4 nitrogen and oxygen atoms in total. The largest absolute Gasteiger partial charge is 0.480 e. The third-order valence-corrected chi connectivity index (χ3v) is 2.95. The fraction of sp³-hybridized carbons (Fsp3) is 0.167. The molecule has 18 heavy (non-hydrogen) atoms. The highest BCUT2D eigenvalue weighted by molar-refractivity contribution is 9.10. The summed E-state index contributed by atoms with van der Waals surface area (Å²) in [6.07, 6.45) is 1.57. The minimum absolute atomic E-state index is 0.328. The van der Waals surface area contributed by atoms with Gasteiger partial charge in [0, 0.05) is 7.05 Å². The zero-order chi connectivity index (χ0) is 13.1. The third-order valence-electron chi connectivity index (χ3n) is 2.41. The van der Waals surface area contributed by atoms with E-state index in [1.165, 1.54) is 13.2 Å². The molecule has 0 aliphatic heterocycles. The fourth-order valence-electron chi connectivity index (χ4n) is 1.48. The second kappa shape index (κ2) is 5.30. The standard InChI is InChI=1S/C12H11BrFN3O/c1-17(10-6-4-3-5-9(10)14)12-15-7-8(13)11(16-12)18-2/h3-7H,1-2H3. The summed E-state index contributed by atoms with van der Waals surface area (Å²) in [6, 6.07) is 6.44. The molecule has 0 unspecified atom stereocenters. The van der Waals surface area contributed by atoms with E-state index in [1.54, 1.807) is 36.3 Å². The summed E-state index contributed by atoms with van der Waals surface area (Å²) in [6.45, 7) is 0. The normalized spacial score (nSPS) is 10.2. The van der Waals surface area contributed by atoms with Gasteiger partial charge in [0.15, 0.2) is 0 Å². The Morgan fingerprint density at radius 3 is 2.72 bits per heavy atom. The predicted octanol–water partition coefficient (Wildman–Crippen LogP) is 3.15. The number of halogens is 2. The molecule has 0 bridgehead atoms. The Labute approximate surface area is 113 Å². The summed E-state index contributed by atoms with van der Waals surface area (Å²) in [5.74, 6) is 0.439. The first-order chi connectivity index (χ1) is 8.63. The van der Waals surface area contributed by atoms with Crippen LogP contribution in [0.15, 0.2) is 34.9 Å². The van der Waals surface area contributed by atoms with Gasteiger partial charge >= 0.3 is 0 Å². The number of rotatable bonds is 3. The van der Waals surface area contributed by atoms with Crippen molar-refractivity contribution in [1.82, 2.24) is 9.97 Å². The Morgan fingerprint density at radius 1 is 1.33 bits per heavy atom. The van der Waals surface area contributed by atoms with Crippen LogP contribution >= 0.6 is 15.9 Å². The Kier molecular flexibility index (Phi) is 3.76. The van der Waals surface area contributed by atoms with Crippen molar-refractivity contribution in [2.24, 2.45) is 0 Å². The smallest absolute Gasteiger partial charge is 0.233 e. The second-order valence-corrected chi connectivity index (χ2v) is 4.39. The van der Waals surface area contributed by atoms with Gasteiger partial charge in [0.1, 0.15) is 5.82 Å². The van der Waals surface area contributed by atoms with Crippen molar-refractivity contribution in [3.63, 3.8) is 0 Å². The van der Waals surface area contributed by atoms with Gasteiger partial charge in [0.2, 0.25) is 11.8 Å². The van der Waals surface area contributed by atoms with Crippen molar-refractivity contribution in [2.75, 3.05) is 19.1 Å². The molecule has 1 aromatic heterocycles. The lowest BCUT2D eigenvalue weighted by atomic mass is 10.3. The van der Waals surface area contributed by atoms with Crippen LogP contribution < -0.4 is 9.64 Å². The zero-order valence-corrected chi connectivity index (χ0v) is 11.5. The van der Waals surface area contributed by atoms with E-state index in [-0.39, 0.29) is 5.82 Å². The number of benzene rings is 1. The van der Waals surface area contributed by atoms with E-state index in [4.69, 9.17) is 4.74 Å². The minimum atomic E-state index is -0.328. The number of anilines is 2. The molecule has 1 heterocycles. The number of methoxy groups -OCH3 is 1. The summed E-state index contributed by atoms with van der Waals surface area (Å²) < 4.78 is 19.4. The highest BCUT2D eigenvalue weighted by Gasteiger charge is 2.13. The van der Waals surface area contributed by atoms with E-state index in [1.807, 2.05) is 0 Å². The quantitative estimate of drug-likeness (QED) is 0.872. The van der Waals surface area contributed by atoms with Gasteiger partial charge in [-0.2, -0.15) is 4.98 Å². The number of hydrogen-bond donors (Lipinski definition) is 0. The van der Waals surface area contributed by atoms with E-state index in [2.05, 4.69) is 25.9 Å². The second-order valence-electron chi connectivity index (χ2n) is 3.54. The maximum absolute atomic E-state index is 13.6. The van der Waals surface area contributed by atoms with E-state index >= 15 is 0 Å². The molecule has 2 aromatic rings. The van der Waals surface area contributed by atoms with Crippen LogP contribution in [-0.4, -0.2) is 24.1 Å². The zero-order valence-electron chi connectivity index (χ0n) is 9.89. The van der Waals surface area contributed by atoms with Crippen LogP contribution in [0, 0.1) is 5.82 Å². The van der Waals surface area contributed by atoms with Gasteiger partial charge in [-0.1, -0.05) is 12.1 Å². The van der Waals surface area contributed by atoms with Crippen LogP contribution in [0.2, 0.25) is 0 Å². The van der Waals surface area contributed by atoms with Crippen LogP contribution in [-0.2, 0) is 0 Å². The van der Waals surface area contributed by atoms with Gasteiger partial charge in [-0.05, 0) is 28.1 Å². The topological polar surface area (TPSA) is 38.2 Å². The van der Waals surface area contributed by atoms with Gasteiger partial charge in [-0.25, -0.2) is 9.37 Å². The third kappa shape index (κ3) is 2.43. The van der Waals surface area contributed by atoms with E-state index in [9.17, 15) is 4.39 Å². The number of ether oxygens (including phenoxy) is 1. The molecule has 0 aliphatic rings. The van der Waals surface area contributed by atoms with Crippen molar-refractivity contribution in [1.29, 1.82) is 0 Å². The van der Waals surface area contributed by atoms with Crippen LogP contribution in [0.25, 0.3) is 0 Å². The Balaban J connectivity index is 2.40. The lowest BCUT2D eigenvalue weighted by molar-refractivity contribution is 0.394. The SMILES string of the molecule is COc1nc(N(C)c2ccccc2F)ncc1Br. The average Bonchev–Trinajstić information content (AvgIpc) is 2.39. The number of hydrogen-bond acceptors (Lipinski definition) is 4. The average molecular weight is 312 g/mol. The van der Waals surface area contributed by atoms with Gasteiger partial charge in [-0.3, -0.25) is 0 Å². The highest BCUT2D eigenvalue weighted by Crippen LogP contribution is 2.27. The summed E-state index contributed by atoms with van der Waals surface area (Å²) in [5, 5.41) is 0.